The standard InChI is InChI=1S/C24H18ClF3N4O3/c1-13-10-14(2)32(12-19(33)29-18-9-8-16(25)11-17(18)24(26,27)28)23(34)20(13)22-30-21(31-35-22)15-6-4-3-5-7-15/h3-11H,12H2,1-2H3,(H,29,33). The zero-order chi connectivity index (χ0) is 25.3. The van der Waals surface area contributed by atoms with Gasteiger partial charge in [-0.3, -0.25) is 9.59 Å². The van der Waals surface area contributed by atoms with E-state index in [0.29, 0.717) is 16.8 Å². The number of pyridine rings is 1. The number of alkyl halides is 3. The molecule has 1 N–H and O–H groups in total. The first-order valence-electron chi connectivity index (χ1n) is 10.3. The monoisotopic (exact) mass is 502 g/mol. The van der Waals surface area contributed by atoms with Gasteiger partial charge in [0, 0.05) is 16.3 Å². The topological polar surface area (TPSA) is 90.0 Å². The first kappa shape index (κ1) is 24.2. The lowest BCUT2D eigenvalue weighted by Crippen LogP contribution is -2.31. The van der Waals surface area contributed by atoms with Crippen LogP contribution in [0.25, 0.3) is 22.8 Å². The van der Waals surface area contributed by atoms with Gasteiger partial charge < -0.3 is 14.4 Å². The molecule has 0 saturated heterocycles. The number of carbonyl (C=O) groups excluding carboxylic acids is 1. The van der Waals surface area contributed by atoms with Crippen molar-refractivity contribution in [2.45, 2.75) is 26.6 Å². The highest BCUT2D eigenvalue weighted by Crippen LogP contribution is 2.36. The van der Waals surface area contributed by atoms with Crippen molar-refractivity contribution in [1.82, 2.24) is 14.7 Å². The van der Waals surface area contributed by atoms with Gasteiger partial charge in [-0.05, 0) is 43.7 Å². The van der Waals surface area contributed by atoms with E-state index in [1.807, 2.05) is 6.07 Å². The number of carbonyl (C=O) groups is 1. The van der Waals surface area contributed by atoms with Gasteiger partial charge in [-0.1, -0.05) is 47.1 Å². The maximum atomic E-state index is 13.4. The van der Waals surface area contributed by atoms with Crippen LogP contribution in [0.4, 0.5) is 18.9 Å². The molecular formula is C24H18ClF3N4O3. The lowest BCUT2D eigenvalue weighted by atomic mass is 10.1. The average molecular weight is 503 g/mol. The summed E-state index contributed by atoms with van der Waals surface area (Å²) in [7, 11) is 0. The summed E-state index contributed by atoms with van der Waals surface area (Å²) in [5, 5.41) is 6.02. The predicted octanol–water partition coefficient (Wildman–Crippen LogP) is 5.49. The summed E-state index contributed by atoms with van der Waals surface area (Å²) < 4.78 is 46.5. The fourth-order valence-corrected chi connectivity index (χ4v) is 3.78. The highest BCUT2D eigenvalue weighted by molar-refractivity contribution is 6.30. The summed E-state index contributed by atoms with van der Waals surface area (Å²) in [6.45, 7) is 2.76. The fourth-order valence-electron chi connectivity index (χ4n) is 3.61. The number of hydrogen-bond acceptors (Lipinski definition) is 5. The zero-order valence-electron chi connectivity index (χ0n) is 18.5. The number of halogens is 4. The van der Waals surface area contributed by atoms with Gasteiger partial charge in [-0.15, -0.1) is 0 Å². The highest BCUT2D eigenvalue weighted by atomic mass is 35.5. The van der Waals surface area contributed by atoms with Gasteiger partial charge >= 0.3 is 6.18 Å². The minimum atomic E-state index is -4.73. The van der Waals surface area contributed by atoms with Crippen molar-refractivity contribution in [2.75, 3.05) is 5.32 Å². The Balaban J connectivity index is 1.65. The number of rotatable bonds is 5. The number of nitrogens with zero attached hydrogens (tertiary/aromatic N) is 3. The lowest BCUT2D eigenvalue weighted by molar-refractivity contribution is -0.137. The first-order chi connectivity index (χ1) is 16.5. The molecule has 1 amide bonds. The lowest BCUT2D eigenvalue weighted by Gasteiger charge is -2.16. The van der Waals surface area contributed by atoms with Gasteiger partial charge in [0.15, 0.2) is 0 Å². The van der Waals surface area contributed by atoms with Crippen molar-refractivity contribution in [3.8, 4) is 22.8 Å². The van der Waals surface area contributed by atoms with E-state index in [-0.39, 0.29) is 22.3 Å². The van der Waals surface area contributed by atoms with Crippen LogP contribution in [-0.4, -0.2) is 20.6 Å². The highest BCUT2D eigenvalue weighted by Gasteiger charge is 2.34. The van der Waals surface area contributed by atoms with E-state index >= 15 is 0 Å². The predicted molar refractivity (Wildman–Crippen MR) is 124 cm³/mol. The van der Waals surface area contributed by atoms with E-state index in [1.165, 1.54) is 6.07 Å². The molecule has 0 unspecified atom stereocenters. The summed E-state index contributed by atoms with van der Waals surface area (Å²) >= 11 is 5.68. The molecule has 0 spiro atoms. The normalized spacial score (nSPS) is 11.5. The van der Waals surface area contributed by atoms with Crippen LogP contribution in [0.2, 0.25) is 5.02 Å². The largest absolute Gasteiger partial charge is 0.418 e. The Morgan fingerprint density at radius 1 is 1.11 bits per heavy atom. The van der Waals surface area contributed by atoms with Crippen LogP contribution in [0.1, 0.15) is 16.8 Å². The second-order valence-electron chi connectivity index (χ2n) is 7.76. The molecule has 0 atom stereocenters. The average Bonchev–Trinajstić information content (AvgIpc) is 3.27. The van der Waals surface area contributed by atoms with Crippen LogP contribution in [-0.2, 0) is 17.5 Å². The van der Waals surface area contributed by atoms with Crippen LogP contribution < -0.4 is 10.9 Å². The van der Waals surface area contributed by atoms with Crippen molar-refractivity contribution < 1.29 is 22.5 Å². The Labute approximate surface area is 202 Å². The van der Waals surface area contributed by atoms with Gasteiger partial charge in [0.25, 0.3) is 11.4 Å². The van der Waals surface area contributed by atoms with E-state index in [1.54, 1.807) is 44.2 Å². The molecule has 2 heterocycles. The maximum Gasteiger partial charge on any atom is 0.418 e. The molecule has 180 valence electrons. The molecule has 4 aromatic rings. The smallest absolute Gasteiger partial charge is 0.333 e. The van der Waals surface area contributed by atoms with Crippen LogP contribution in [0.15, 0.2) is 63.9 Å². The Kier molecular flexibility index (Phi) is 6.49. The van der Waals surface area contributed by atoms with Crippen molar-refractivity contribution in [2.24, 2.45) is 0 Å². The fraction of sp³-hybridized carbons (Fsp3) is 0.167. The Bertz CT molecular complexity index is 1460. The van der Waals surface area contributed by atoms with E-state index < -0.39 is 35.4 Å². The number of hydrogen-bond donors (Lipinski definition) is 1. The van der Waals surface area contributed by atoms with Crippen LogP contribution >= 0.6 is 11.6 Å². The third-order valence-corrected chi connectivity index (χ3v) is 5.47. The maximum absolute atomic E-state index is 13.4. The van der Waals surface area contributed by atoms with E-state index in [4.69, 9.17) is 16.1 Å². The molecule has 0 radical (unpaired) electrons. The summed E-state index contributed by atoms with van der Waals surface area (Å²) in [5.41, 5.74) is -0.379. The summed E-state index contributed by atoms with van der Waals surface area (Å²) in [6.07, 6.45) is -4.73. The minimum absolute atomic E-state index is 0.0300. The zero-order valence-corrected chi connectivity index (χ0v) is 19.2. The van der Waals surface area contributed by atoms with Crippen LogP contribution in [0.5, 0.6) is 0 Å². The van der Waals surface area contributed by atoms with E-state index in [2.05, 4.69) is 15.5 Å². The molecule has 0 saturated carbocycles. The van der Waals surface area contributed by atoms with Gasteiger partial charge in [-0.25, -0.2) is 0 Å². The minimum Gasteiger partial charge on any atom is -0.333 e. The number of amides is 1. The first-order valence-corrected chi connectivity index (χ1v) is 10.7. The molecule has 4 rings (SSSR count). The SMILES string of the molecule is Cc1cc(C)n(CC(=O)Nc2ccc(Cl)cc2C(F)(F)F)c(=O)c1-c1nc(-c2ccccc2)no1. The van der Waals surface area contributed by atoms with E-state index in [9.17, 15) is 22.8 Å². The number of aryl methyl sites for hydroxylation is 2. The molecule has 7 nitrogen and oxygen atoms in total. The second kappa shape index (κ2) is 9.38. The van der Waals surface area contributed by atoms with Crippen molar-refractivity contribution >= 4 is 23.2 Å². The number of benzene rings is 2. The Hall–Kier alpha value is -3.92. The quantitative estimate of drug-likeness (QED) is 0.389. The molecule has 0 bridgehead atoms. The molecule has 0 fully saturated rings. The van der Waals surface area contributed by atoms with Gasteiger partial charge in [0.1, 0.15) is 12.1 Å². The van der Waals surface area contributed by atoms with Crippen LogP contribution in [0.3, 0.4) is 0 Å². The molecule has 11 heteroatoms. The summed E-state index contributed by atoms with van der Waals surface area (Å²) in [4.78, 5) is 30.2. The number of nitrogens with one attached hydrogen (secondary N) is 1. The molecule has 0 aliphatic carbocycles. The Morgan fingerprint density at radius 3 is 2.51 bits per heavy atom. The van der Waals surface area contributed by atoms with Crippen molar-refractivity contribution in [3.05, 3.63) is 86.8 Å². The van der Waals surface area contributed by atoms with Gasteiger partial charge in [-0.2, -0.15) is 18.2 Å². The molecule has 35 heavy (non-hydrogen) atoms. The number of anilines is 1. The van der Waals surface area contributed by atoms with Gasteiger partial charge in [0.2, 0.25) is 11.7 Å². The summed E-state index contributed by atoms with van der Waals surface area (Å²) in [5.74, 6) is -0.572. The van der Waals surface area contributed by atoms with Crippen LogP contribution in [0, 0.1) is 13.8 Å². The molecule has 0 aliphatic rings. The third kappa shape index (κ3) is 5.12. The molecule has 0 aliphatic heterocycles. The van der Waals surface area contributed by atoms with Gasteiger partial charge in [0.05, 0.1) is 11.3 Å². The second-order valence-corrected chi connectivity index (χ2v) is 8.20. The Morgan fingerprint density at radius 2 is 1.83 bits per heavy atom. The van der Waals surface area contributed by atoms with Crippen molar-refractivity contribution in [3.63, 3.8) is 0 Å². The summed E-state index contributed by atoms with van der Waals surface area (Å²) in [6, 6.07) is 13.7. The van der Waals surface area contributed by atoms with Crippen molar-refractivity contribution in [1.29, 1.82) is 0 Å². The number of aromatic nitrogens is 3. The molecule has 2 aromatic heterocycles. The third-order valence-electron chi connectivity index (χ3n) is 5.24. The molecular weight excluding hydrogens is 485 g/mol. The molecule has 2 aromatic carbocycles. The van der Waals surface area contributed by atoms with E-state index in [0.717, 1.165) is 16.7 Å².